The van der Waals surface area contributed by atoms with Crippen LogP contribution in [0.5, 0.6) is 11.5 Å². The second kappa shape index (κ2) is 9.07. The van der Waals surface area contributed by atoms with Crippen molar-refractivity contribution >= 4 is 40.0 Å². The van der Waals surface area contributed by atoms with E-state index < -0.39 is 5.91 Å². The van der Waals surface area contributed by atoms with Crippen molar-refractivity contribution in [1.29, 1.82) is 0 Å². The van der Waals surface area contributed by atoms with E-state index in [0.717, 1.165) is 17.5 Å². The number of anilines is 1. The maximum atomic E-state index is 12.5. The molecule has 3 aromatic carbocycles. The van der Waals surface area contributed by atoms with Crippen LogP contribution in [0.1, 0.15) is 22.8 Å². The number of aryl methyl sites for hydroxylation is 1. The van der Waals surface area contributed by atoms with Gasteiger partial charge in [0.15, 0.2) is 10.7 Å². The number of rotatable bonds is 5. The van der Waals surface area contributed by atoms with Gasteiger partial charge >= 0.3 is 0 Å². The van der Waals surface area contributed by atoms with Gasteiger partial charge in [0.05, 0.1) is 18.2 Å². The number of oxazole rings is 1. The third-order valence-corrected chi connectivity index (χ3v) is 5.13. The number of amides is 1. The lowest BCUT2D eigenvalue weighted by atomic mass is 10.1. The van der Waals surface area contributed by atoms with Gasteiger partial charge < -0.3 is 19.6 Å². The predicted molar refractivity (Wildman–Crippen MR) is 127 cm³/mol. The minimum atomic E-state index is -0.404. The lowest BCUT2D eigenvalue weighted by Crippen LogP contribution is -2.34. The number of carbonyl (C=O) groups excluding carboxylic acids is 1. The van der Waals surface area contributed by atoms with Crippen molar-refractivity contribution in [1.82, 2.24) is 10.3 Å². The summed E-state index contributed by atoms with van der Waals surface area (Å²) in [7, 11) is 1.49. The van der Waals surface area contributed by atoms with Crippen LogP contribution in [-0.4, -0.2) is 28.2 Å². The van der Waals surface area contributed by atoms with Gasteiger partial charge in [0, 0.05) is 11.8 Å². The lowest BCUT2D eigenvalue weighted by molar-refractivity contribution is 0.0975. The molecule has 0 fully saturated rings. The molecular weight excluding hydrogens is 426 g/mol. The Balaban J connectivity index is 1.48. The molecule has 32 heavy (non-hydrogen) atoms. The highest BCUT2D eigenvalue weighted by Crippen LogP contribution is 2.33. The summed E-state index contributed by atoms with van der Waals surface area (Å²) in [5.74, 6) is 0.332. The molecular formula is C24H21N3O4S. The third kappa shape index (κ3) is 4.40. The summed E-state index contributed by atoms with van der Waals surface area (Å²) in [6, 6.07) is 17.6. The number of methoxy groups -OCH3 is 1. The van der Waals surface area contributed by atoms with E-state index in [0.29, 0.717) is 34.0 Å². The van der Waals surface area contributed by atoms with E-state index in [9.17, 15) is 9.90 Å². The first-order chi connectivity index (χ1) is 15.5. The van der Waals surface area contributed by atoms with Gasteiger partial charge in [-0.1, -0.05) is 25.1 Å². The van der Waals surface area contributed by atoms with Gasteiger partial charge in [0.1, 0.15) is 17.0 Å². The third-order valence-electron chi connectivity index (χ3n) is 4.92. The van der Waals surface area contributed by atoms with Crippen molar-refractivity contribution < 1.29 is 19.1 Å². The predicted octanol–water partition coefficient (Wildman–Crippen LogP) is 4.90. The second-order valence-electron chi connectivity index (χ2n) is 7.02. The van der Waals surface area contributed by atoms with E-state index in [-0.39, 0.29) is 10.9 Å². The van der Waals surface area contributed by atoms with E-state index in [1.54, 1.807) is 36.4 Å². The van der Waals surface area contributed by atoms with Crippen LogP contribution in [0.25, 0.3) is 22.6 Å². The molecule has 0 saturated heterocycles. The number of fused-ring (bicyclic) bond motifs is 1. The van der Waals surface area contributed by atoms with Crippen LogP contribution in [0, 0.1) is 0 Å². The van der Waals surface area contributed by atoms with Crippen molar-refractivity contribution in [3.05, 3.63) is 71.8 Å². The number of nitrogens with one attached hydrogen (secondary N) is 2. The quantitative estimate of drug-likeness (QED) is 0.375. The maximum Gasteiger partial charge on any atom is 0.261 e. The van der Waals surface area contributed by atoms with Gasteiger partial charge in [-0.3, -0.25) is 10.1 Å². The summed E-state index contributed by atoms with van der Waals surface area (Å²) < 4.78 is 11.0. The summed E-state index contributed by atoms with van der Waals surface area (Å²) in [6.45, 7) is 2.07. The molecule has 0 radical (unpaired) electrons. The van der Waals surface area contributed by atoms with E-state index in [1.165, 1.54) is 13.2 Å². The number of ether oxygens (including phenoxy) is 1. The monoisotopic (exact) mass is 447 g/mol. The number of hydrogen-bond donors (Lipinski definition) is 3. The van der Waals surface area contributed by atoms with Crippen molar-refractivity contribution in [3.63, 3.8) is 0 Å². The Morgan fingerprint density at radius 2 is 1.97 bits per heavy atom. The van der Waals surface area contributed by atoms with Gasteiger partial charge in [0.25, 0.3) is 5.91 Å². The van der Waals surface area contributed by atoms with Crippen LogP contribution in [-0.2, 0) is 6.42 Å². The highest BCUT2D eigenvalue weighted by molar-refractivity contribution is 7.80. The summed E-state index contributed by atoms with van der Waals surface area (Å²) >= 11 is 5.23. The fourth-order valence-electron chi connectivity index (χ4n) is 3.26. The summed E-state index contributed by atoms with van der Waals surface area (Å²) in [5.41, 5.74) is 3.86. The number of benzene rings is 3. The lowest BCUT2D eigenvalue weighted by Gasteiger charge is -2.12. The molecule has 0 saturated carbocycles. The number of phenols is 1. The van der Waals surface area contributed by atoms with Crippen LogP contribution in [0.2, 0.25) is 0 Å². The first-order valence-electron chi connectivity index (χ1n) is 9.96. The van der Waals surface area contributed by atoms with Crippen molar-refractivity contribution in [3.8, 4) is 23.0 Å². The van der Waals surface area contributed by atoms with E-state index >= 15 is 0 Å². The summed E-state index contributed by atoms with van der Waals surface area (Å²) in [6.07, 6.45) is 0.900. The molecule has 4 rings (SSSR count). The Kier molecular flexibility index (Phi) is 6.04. The molecule has 0 aliphatic heterocycles. The minimum Gasteiger partial charge on any atom is -0.507 e. The SMILES string of the molecule is CCc1ccc2oc(-c3ccc(NC(=S)NC(=O)c4ccccc4OC)cc3O)nc2c1. The van der Waals surface area contributed by atoms with E-state index in [1.807, 2.05) is 18.2 Å². The molecule has 0 unspecified atom stereocenters. The standard InChI is InChI=1S/C24H21N3O4S/c1-3-14-8-11-21-18(12-14)26-23(31-21)16-10-9-15(13-19(16)28)25-24(32)27-22(29)17-6-4-5-7-20(17)30-2/h4-13,28H,3H2,1-2H3,(H2,25,27,29,32). The molecule has 7 nitrogen and oxygen atoms in total. The summed E-state index contributed by atoms with van der Waals surface area (Å²) in [4.78, 5) is 17.0. The van der Waals surface area contributed by atoms with Crippen LogP contribution >= 0.6 is 12.2 Å². The smallest absolute Gasteiger partial charge is 0.261 e. The molecule has 0 atom stereocenters. The molecule has 3 N–H and O–H groups in total. The molecule has 0 aliphatic rings. The molecule has 1 aromatic heterocycles. The van der Waals surface area contributed by atoms with Crippen LogP contribution in [0.4, 0.5) is 5.69 Å². The Morgan fingerprint density at radius 1 is 1.16 bits per heavy atom. The fourth-order valence-corrected chi connectivity index (χ4v) is 3.47. The zero-order valence-electron chi connectivity index (χ0n) is 17.5. The molecule has 162 valence electrons. The average Bonchev–Trinajstić information content (AvgIpc) is 3.21. The highest BCUT2D eigenvalue weighted by atomic mass is 32.1. The molecule has 1 heterocycles. The first-order valence-corrected chi connectivity index (χ1v) is 10.4. The largest absolute Gasteiger partial charge is 0.507 e. The zero-order valence-corrected chi connectivity index (χ0v) is 18.3. The van der Waals surface area contributed by atoms with Gasteiger partial charge in [0.2, 0.25) is 5.89 Å². The van der Waals surface area contributed by atoms with E-state index in [4.69, 9.17) is 21.4 Å². The molecule has 1 amide bonds. The van der Waals surface area contributed by atoms with Crippen molar-refractivity contribution in [2.24, 2.45) is 0 Å². The van der Waals surface area contributed by atoms with Crippen LogP contribution in [0.3, 0.4) is 0 Å². The highest BCUT2D eigenvalue weighted by Gasteiger charge is 2.15. The Morgan fingerprint density at radius 3 is 2.72 bits per heavy atom. The van der Waals surface area contributed by atoms with Crippen LogP contribution < -0.4 is 15.4 Å². The topological polar surface area (TPSA) is 96.6 Å². The molecule has 0 aliphatic carbocycles. The molecule has 0 spiro atoms. The number of thiocarbonyl (C=S) groups is 1. The molecule has 0 bridgehead atoms. The number of aromatic nitrogens is 1. The summed E-state index contributed by atoms with van der Waals surface area (Å²) in [5, 5.41) is 16.1. The number of hydrogen-bond acceptors (Lipinski definition) is 6. The average molecular weight is 448 g/mol. The normalized spacial score (nSPS) is 10.7. The van der Waals surface area contributed by atoms with Crippen molar-refractivity contribution in [2.45, 2.75) is 13.3 Å². The van der Waals surface area contributed by atoms with Crippen molar-refractivity contribution in [2.75, 3.05) is 12.4 Å². The number of para-hydroxylation sites is 1. The maximum absolute atomic E-state index is 12.5. The Labute approximate surface area is 190 Å². The number of phenolic OH excluding ortho intramolecular Hbond substituents is 1. The minimum absolute atomic E-state index is 0.0314. The second-order valence-corrected chi connectivity index (χ2v) is 7.42. The van der Waals surface area contributed by atoms with Gasteiger partial charge in [-0.05, 0) is 60.6 Å². The first kappa shape index (κ1) is 21.3. The van der Waals surface area contributed by atoms with Gasteiger partial charge in [-0.25, -0.2) is 4.98 Å². The van der Waals surface area contributed by atoms with Gasteiger partial charge in [-0.15, -0.1) is 0 Å². The number of nitrogens with zero attached hydrogens (tertiary/aromatic N) is 1. The van der Waals surface area contributed by atoms with Gasteiger partial charge in [-0.2, -0.15) is 0 Å². The number of aromatic hydroxyl groups is 1. The fraction of sp³-hybridized carbons (Fsp3) is 0.125. The molecule has 4 aromatic rings. The zero-order chi connectivity index (χ0) is 22.7. The Hall–Kier alpha value is -3.91. The Bertz CT molecular complexity index is 1320. The van der Waals surface area contributed by atoms with Crippen LogP contribution in [0.15, 0.2) is 65.1 Å². The molecule has 8 heteroatoms. The number of carbonyl (C=O) groups is 1. The van der Waals surface area contributed by atoms with E-state index in [2.05, 4.69) is 22.5 Å².